The first-order valence-corrected chi connectivity index (χ1v) is 5.70. The monoisotopic (exact) mass is 262 g/mol. The van der Waals surface area contributed by atoms with E-state index >= 15 is 0 Å². The van der Waals surface area contributed by atoms with Crippen LogP contribution in [0, 0.1) is 10.1 Å². The maximum Gasteiger partial charge on any atom is 0.292 e. The van der Waals surface area contributed by atoms with Crippen molar-refractivity contribution in [2.45, 2.75) is 13.0 Å². The fourth-order valence-electron chi connectivity index (χ4n) is 1.73. The van der Waals surface area contributed by atoms with Crippen LogP contribution in [0.15, 0.2) is 30.6 Å². The molecule has 0 fully saturated rings. The van der Waals surface area contributed by atoms with Gasteiger partial charge in [0.1, 0.15) is 17.3 Å². The summed E-state index contributed by atoms with van der Waals surface area (Å²) in [7, 11) is 1.51. The topological polar surface area (TPSA) is 93.1 Å². The first-order chi connectivity index (χ1) is 9.11. The Labute approximate surface area is 109 Å². The number of aromatic nitrogens is 2. The number of hydrogen-bond acceptors (Lipinski definition) is 5. The van der Waals surface area contributed by atoms with Crippen molar-refractivity contribution in [1.29, 1.82) is 0 Å². The van der Waals surface area contributed by atoms with Crippen LogP contribution in [-0.4, -0.2) is 22.0 Å². The molecule has 0 aliphatic carbocycles. The van der Waals surface area contributed by atoms with Gasteiger partial charge in [0.15, 0.2) is 0 Å². The summed E-state index contributed by atoms with van der Waals surface area (Å²) in [5.74, 6) is 1.26. The normalized spacial score (nSPS) is 11.9. The number of H-pyrrole nitrogens is 1. The molecule has 1 atom stereocenters. The molecule has 0 aliphatic rings. The van der Waals surface area contributed by atoms with Gasteiger partial charge < -0.3 is 15.0 Å². The molecule has 7 nitrogen and oxygen atoms in total. The number of hydrogen-bond donors (Lipinski definition) is 2. The van der Waals surface area contributed by atoms with Crippen molar-refractivity contribution in [3.63, 3.8) is 0 Å². The second-order valence-electron chi connectivity index (χ2n) is 3.98. The Morgan fingerprint density at radius 1 is 1.53 bits per heavy atom. The Bertz CT molecular complexity index is 568. The molecule has 0 saturated carbocycles. The van der Waals surface area contributed by atoms with Gasteiger partial charge >= 0.3 is 0 Å². The molecule has 1 heterocycles. The largest absolute Gasteiger partial charge is 0.497 e. The van der Waals surface area contributed by atoms with Gasteiger partial charge in [-0.1, -0.05) is 0 Å². The SMILES string of the molecule is COc1ccc([N+](=O)[O-])c(NC(C)c2ncc[nH]2)c1. The highest BCUT2D eigenvalue weighted by atomic mass is 16.6. The van der Waals surface area contributed by atoms with Gasteiger partial charge in [-0.2, -0.15) is 0 Å². The Kier molecular flexibility index (Phi) is 3.65. The van der Waals surface area contributed by atoms with Gasteiger partial charge in [-0.3, -0.25) is 10.1 Å². The maximum absolute atomic E-state index is 11.0. The Morgan fingerprint density at radius 3 is 2.89 bits per heavy atom. The van der Waals surface area contributed by atoms with E-state index in [2.05, 4.69) is 15.3 Å². The van der Waals surface area contributed by atoms with Gasteiger partial charge in [0.2, 0.25) is 0 Å². The maximum atomic E-state index is 11.0. The molecule has 1 aromatic heterocycles. The minimum atomic E-state index is -0.434. The Morgan fingerprint density at radius 2 is 2.32 bits per heavy atom. The molecule has 2 aromatic rings. The van der Waals surface area contributed by atoms with Crippen molar-refractivity contribution in [3.05, 3.63) is 46.5 Å². The molecule has 0 spiro atoms. The number of nitro benzene ring substituents is 1. The number of anilines is 1. The third-order valence-corrected chi connectivity index (χ3v) is 2.70. The molecule has 19 heavy (non-hydrogen) atoms. The molecule has 0 amide bonds. The van der Waals surface area contributed by atoms with E-state index in [1.54, 1.807) is 24.5 Å². The Hall–Kier alpha value is -2.57. The van der Waals surface area contributed by atoms with Crippen LogP contribution >= 0.6 is 0 Å². The number of rotatable bonds is 5. The molecule has 1 unspecified atom stereocenters. The minimum Gasteiger partial charge on any atom is -0.497 e. The number of nitrogens with one attached hydrogen (secondary N) is 2. The van der Waals surface area contributed by atoms with Crippen molar-refractivity contribution < 1.29 is 9.66 Å². The quantitative estimate of drug-likeness (QED) is 0.637. The first kappa shape index (κ1) is 12.9. The highest BCUT2D eigenvalue weighted by Crippen LogP contribution is 2.31. The van der Waals surface area contributed by atoms with Crippen LogP contribution < -0.4 is 10.1 Å². The van der Waals surface area contributed by atoms with E-state index in [1.165, 1.54) is 13.2 Å². The van der Waals surface area contributed by atoms with Gasteiger partial charge in [0.05, 0.1) is 18.1 Å². The third kappa shape index (κ3) is 2.82. The van der Waals surface area contributed by atoms with E-state index in [0.29, 0.717) is 17.3 Å². The van der Waals surface area contributed by atoms with Crippen molar-refractivity contribution in [2.75, 3.05) is 12.4 Å². The third-order valence-electron chi connectivity index (χ3n) is 2.70. The fourth-order valence-corrected chi connectivity index (χ4v) is 1.73. The molecule has 0 bridgehead atoms. The van der Waals surface area contributed by atoms with Gasteiger partial charge in [0, 0.05) is 24.5 Å². The van der Waals surface area contributed by atoms with Crippen LogP contribution in [0.3, 0.4) is 0 Å². The van der Waals surface area contributed by atoms with Crippen LogP contribution in [-0.2, 0) is 0 Å². The molecule has 7 heteroatoms. The predicted octanol–water partition coefficient (Wildman–Crippen LogP) is 2.50. The summed E-state index contributed by atoms with van der Waals surface area (Å²) in [6, 6.07) is 4.38. The number of nitrogens with zero attached hydrogens (tertiary/aromatic N) is 2. The number of nitro groups is 1. The van der Waals surface area contributed by atoms with Crippen molar-refractivity contribution >= 4 is 11.4 Å². The highest BCUT2D eigenvalue weighted by Gasteiger charge is 2.17. The molecule has 100 valence electrons. The smallest absolute Gasteiger partial charge is 0.292 e. The standard InChI is InChI=1S/C12H14N4O3/c1-8(12-13-5-6-14-12)15-10-7-9(19-2)3-4-11(10)16(17)18/h3-8,15H,1-2H3,(H,13,14). The first-order valence-electron chi connectivity index (χ1n) is 5.70. The summed E-state index contributed by atoms with van der Waals surface area (Å²) in [5, 5.41) is 14.0. The second-order valence-corrected chi connectivity index (χ2v) is 3.98. The molecule has 0 aliphatic heterocycles. The number of ether oxygens (including phenoxy) is 1. The fraction of sp³-hybridized carbons (Fsp3) is 0.250. The van der Waals surface area contributed by atoms with Crippen molar-refractivity contribution in [3.8, 4) is 5.75 Å². The molecule has 0 saturated heterocycles. The van der Waals surface area contributed by atoms with E-state index in [4.69, 9.17) is 4.74 Å². The molecular formula is C12H14N4O3. The summed E-state index contributed by atoms with van der Waals surface area (Å²) in [4.78, 5) is 17.6. The lowest BCUT2D eigenvalue weighted by atomic mass is 10.2. The number of benzene rings is 1. The number of aromatic amines is 1. The molecule has 0 radical (unpaired) electrons. The Balaban J connectivity index is 2.29. The van der Waals surface area contributed by atoms with E-state index in [1.807, 2.05) is 6.92 Å². The predicted molar refractivity (Wildman–Crippen MR) is 70.3 cm³/mol. The van der Waals surface area contributed by atoms with Gasteiger partial charge in [-0.25, -0.2) is 4.98 Å². The molecular weight excluding hydrogens is 248 g/mol. The zero-order valence-electron chi connectivity index (χ0n) is 10.6. The summed E-state index contributed by atoms with van der Waals surface area (Å²) in [5.41, 5.74) is 0.396. The van der Waals surface area contributed by atoms with E-state index in [0.717, 1.165) is 0 Å². The van der Waals surface area contributed by atoms with Crippen molar-refractivity contribution in [1.82, 2.24) is 9.97 Å². The lowest BCUT2D eigenvalue weighted by Crippen LogP contribution is -2.10. The lowest BCUT2D eigenvalue weighted by molar-refractivity contribution is -0.384. The van der Waals surface area contributed by atoms with E-state index in [-0.39, 0.29) is 11.7 Å². The number of methoxy groups -OCH3 is 1. The van der Waals surface area contributed by atoms with E-state index < -0.39 is 4.92 Å². The summed E-state index contributed by atoms with van der Waals surface area (Å²) in [6.45, 7) is 1.86. The van der Waals surface area contributed by atoms with Crippen LogP contribution in [0.2, 0.25) is 0 Å². The molecule has 2 rings (SSSR count). The average Bonchev–Trinajstić information content (AvgIpc) is 2.92. The summed E-state index contributed by atoms with van der Waals surface area (Å²) >= 11 is 0. The van der Waals surface area contributed by atoms with Gasteiger partial charge in [-0.05, 0) is 13.0 Å². The lowest BCUT2D eigenvalue weighted by Gasteiger charge is -2.13. The number of imidazole rings is 1. The van der Waals surface area contributed by atoms with Crippen molar-refractivity contribution in [2.24, 2.45) is 0 Å². The molecule has 2 N–H and O–H groups in total. The molecule has 1 aromatic carbocycles. The van der Waals surface area contributed by atoms with Crippen LogP contribution in [0.4, 0.5) is 11.4 Å². The zero-order chi connectivity index (χ0) is 13.8. The van der Waals surface area contributed by atoms with Gasteiger partial charge in [0.25, 0.3) is 5.69 Å². The summed E-state index contributed by atoms with van der Waals surface area (Å²) in [6.07, 6.45) is 3.33. The van der Waals surface area contributed by atoms with E-state index in [9.17, 15) is 10.1 Å². The van der Waals surface area contributed by atoms with Crippen LogP contribution in [0.5, 0.6) is 5.75 Å². The second kappa shape index (κ2) is 5.38. The summed E-state index contributed by atoms with van der Waals surface area (Å²) < 4.78 is 5.08. The van der Waals surface area contributed by atoms with Gasteiger partial charge in [-0.15, -0.1) is 0 Å². The van der Waals surface area contributed by atoms with Crippen LogP contribution in [0.25, 0.3) is 0 Å². The minimum absolute atomic E-state index is 0.000735. The zero-order valence-corrected chi connectivity index (χ0v) is 10.6. The average molecular weight is 262 g/mol. The highest BCUT2D eigenvalue weighted by molar-refractivity contribution is 5.64. The van der Waals surface area contributed by atoms with Crippen LogP contribution in [0.1, 0.15) is 18.8 Å².